The van der Waals surface area contributed by atoms with Gasteiger partial charge in [0.1, 0.15) is 0 Å². The molecule has 0 bridgehead atoms. The number of thiazole rings is 1. The third-order valence-electron chi connectivity index (χ3n) is 4.38. The van der Waals surface area contributed by atoms with Gasteiger partial charge < -0.3 is 10.6 Å². The van der Waals surface area contributed by atoms with Crippen LogP contribution in [0.2, 0.25) is 0 Å². The van der Waals surface area contributed by atoms with Crippen molar-refractivity contribution in [3.63, 3.8) is 0 Å². The van der Waals surface area contributed by atoms with Crippen LogP contribution in [0.5, 0.6) is 0 Å². The Hall–Kier alpha value is -2.99. The molecule has 1 aromatic heterocycles. The largest absolute Gasteiger partial charge is 0.352 e. The van der Waals surface area contributed by atoms with Crippen LogP contribution in [-0.2, 0) is 11.2 Å². The highest BCUT2D eigenvalue weighted by Crippen LogP contribution is 2.22. The average Bonchev–Trinajstić information content (AvgIpc) is 3.10. The summed E-state index contributed by atoms with van der Waals surface area (Å²) >= 11 is 1.64. The highest BCUT2D eigenvalue weighted by Gasteiger charge is 2.09. The summed E-state index contributed by atoms with van der Waals surface area (Å²) in [5, 5.41) is 8.79. The van der Waals surface area contributed by atoms with Crippen LogP contribution in [0.4, 0.5) is 5.69 Å². The fraction of sp³-hybridized carbons (Fsp3) is 0.227. The Kier molecular flexibility index (Phi) is 6.21. The van der Waals surface area contributed by atoms with Crippen molar-refractivity contribution in [1.29, 1.82) is 0 Å². The van der Waals surface area contributed by atoms with E-state index in [4.69, 9.17) is 0 Å². The maximum Gasteiger partial charge on any atom is 0.251 e. The Balaban J connectivity index is 1.56. The van der Waals surface area contributed by atoms with E-state index < -0.39 is 0 Å². The van der Waals surface area contributed by atoms with Crippen molar-refractivity contribution in [3.8, 4) is 11.3 Å². The minimum Gasteiger partial charge on any atom is -0.352 e. The molecule has 2 amide bonds. The molecule has 5 nitrogen and oxygen atoms in total. The van der Waals surface area contributed by atoms with Gasteiger partial charge in [-0.25, -0.2) is 4.98 Å². The zero-order valence-electron chi connectivity index (χ0n) is 16.2. The highest BCUT2D eigenvalue weighted by molar-refractivity contribution is 7.09. The second kappa shape index (κ2) is 8.80. The van der Waals surface area contributed by atoms with E-state index in [2.05, 4.69) is 45.3 Å². The molecule has 28 heavy (non-hydrogen) atoms. The number of rotatable bonds is 6. The molecule has 0 saturated heterocycles. The average molecular weight is 394 g/mol. The summed E-state index contributed by atoms with van der Waals surface area (Å²) in [5.74, 6) is -0.307. The Morgan fingerprint density at radius 2 is 1.82 bits per heavy atom. The topological polar surface area (TPSA) is 71.1 Å². The van der Waals surface area contributed by atoms with E-state index >= 15 is 0 Å². The van der Waals surface area contributed by atoms with Crippen LogP contribution >= 0.6 is 11.3 Å². The lowest BCUT2D eigenvalue weighted by atomic mass is 10.1. The number of carbonyl (C=O) groups is 2. The molecule has 0 aliphatic carbocycles. The van der Waals surface area contributed by atoms with E-state index in [1.807, 2.05) is 19.9 Å². The monoisotopic (exact) mass is 393 g/mol. The Morgan fingerprint density at radius 1 is 1.07 bits per heavy atom. The van der Waals surface area contributed by atoms with Crippen molar-refractivity contribution in [2.24, 2.45) is 0 Å². The third-order valence-corrected chi connectivity index (χ3v) is 5.15. The summed E-state index contributed by atoms with van der Waals surface area (Å²) in [5.41, 5.74) is 5.36. The fourth-order valence-corrected chi connectivity index (χ4v) is 3.47. The number of nitrogens with zero attached hydrogens (tertiary/aromatic N) is 1. The standard InChI is InChI=1S/C22H23N3O2S/c1-14-4-7-19(12-20(14)24-15(2)26)22(27)23-11-10-17-5-8-18(9-6-17)21-13-28-16(3)25-21/h4-9,12-13H,10-11H2,1-3H3,(H,23,27)(H,24,26). The molecule has 0 spiro atoms. The minimum atomic E-state index is -0.156. The number of aryl methyl sites for hydroxylation is 2. The Labute approximate surface area is 168 Å². The van der Waals surface area contributed by atoms with E-state index in [0.717, 1.165) is 33.8 Å². The van der Waals surface area contributed by atoms with Crippen LogP contribution in [0.25, 0.3) is 11.3 Å². The number of nitrogens with one attached hydrogen (secondary N) is 2. The maximum atomic E-state index is 12.4. The molecule has 0 radical (unpaired) electrons. The van der Waals surface area contributed by atoms with E-state index in [1.54, 1.807) is 23.5 Å². The minimum absolute atomic E-state index is 0.152. The third kappa shape index (κ3) is 5.04. The highest BCUT2D eigenvalue weighted by atomic mass is 32.1. The molecule has 6 heteroatoms. The molecule has 2 N–H and O–H groups in total. The maximum absolute atomic E-state index is 12.4. The molecule has 0 aliphatic rings. The van der Waals surface area contributed by atoms with Gasteiger partial charge in [0.25, 0.3) is 5.91 Å². The second-order valence-electron chi connectivity index (χ2n) is 6.67. The molecular weight excluding hydrogens is 370 g/mol. The van der Waals surface area contributed by atoms with E-state index in [0.29, 0.717) is 17.8 Å². The number of amides is 2. The van der Waals surface area contributed by atoms with Crippen molar-refractivity contribution in [2.75, 3.05) is 11.9 Å². The summed E-state index contributed by atoms with van der Waals surface area (Å²) in [4.78, 5) is 28.2. The van der Waals surface area contributed by atoms with Gasteiger partial charge in [0.2, 0.25) is 5.91 Å². The van der Waals surface area contributed by atoms with E-state index in [9.17, 15) is 9.59 Å². The molecule has 1 heterocycles. The van der Waals surface area contributed by atoms with Crippen LogP contribution in [0.3, 0.4) is 0 Å². The number of carbonyl (C=O) groups excluding carboxylic acids is 2. The summed E-state index contributed by atoms with van der Waals surface area (Å²) in [6.45, 7) is 5.88. The van der Waals surface area contributed by atoms with Crippen molar-refractivity contribution < 1.29 is 9.59 Å². The molecular formula is C22H23N3O2S. The molecule has 144 valence electrons. The fourth-order valence-electron chi connectivity index (χ4n) is 2.85. The molecule has 0 aliphatic heterocycles. The predicted octanol–water partition coefficient (Wildman–Crippen LogP) is 4.36. The van der Waals surface area contributed by atoms with Crippen LogP contribution in [0.15, 0.2) is 47.8 Å². The summed E-state index contributed by atoms with van der Waals surface area (Å²) < 4.78 is 0. The van der Waals surface area contributed by atoms with Gasteiger partial charge in [0, 0.05) is 35.7 Å². The molecule has 2 aromatic carbocycles. The number of aromatic nitrogens is 1. The van der Waals surface area contributed by atoms with Crippen LogP contribution in [0, 0.1) is 13.8 Å². The van der Waals surface area contributed by atoms with Gasteiger partial charge in [-0.1, -0.05) is 30.3 Å². The van der Waals surface area contributed by atoms with Crippen molar-refractivity contribution in [1.82, 2.24) is 10.3 Å². The Morgan fingerprint density at radius 3 is 2.46 bits per heavy atom. The number of anilines is 1. The van der Waals surface area contributed by atoms with Crippen molar-refractivity contribution >= 4 is 28.8 Å². The first-order valence-corrected chi connectivity index (χ1v) is 9.98. The molecule has 0 atom stereocenters. The second-order valence-corrected chi connectivity index (χ2v) is 7.73. The van der Waals surface area contributed by atoms with Crippen LogP contribution in [0.1, 0.15) is 33.4 Å². The predicted molar refractivity (Wildman–Crippen MR) is 114 cm³/mol. The lowest BCUT2D eigenvalue weighted by molar-refractivity contribution is -0.114. The first-order chi connectivity index (χ1) is 13.4. The van der Waals surface area contributed by atoms with Gasteiger partial charge in [0.15, 0.2) is 0 Å². The van der Waals surface area contributed by atoms with Gasteiger partial charge in [-0.2, -0.15) is 0 Å². The first kappa shape index (κ1) is 19.8. The lowest BCUT2D eigenvalue weighted by Crippen LogP contribution is -2.25. The van der Waals surface area contributed by atoms with Gasteiger partial charge >= 0.3 is 0 Å². The number of hydrogen-bond acceptors (Lipinski definition) is 4. The molecule has 0 fully saturated rings. The SMILES string of the molecule is CC(=O)Nc1cc(C(=O)NCCc2ccc(-c3csc(C)n3)cc2)ccc1C. The van der Waals surface area contributed by atoms with E-state index in [1.165, 1.54) is 6.92 Å². The smallest absolute Gasteiger partial charge is 0.251 e. The van der Waals surface area contributed by atoms with Gasteiger partial charge in [-0.05, 0) is 43.5 Å². The van der Waals surface area contributed by atoms with Crippen LogP contribution < -0.4 is 10.6 Å². The normalized spacial score (nSPS) is 10.5. The molecule has 0 unspecified atom stereocenters. The Bertz CT molecular complexity index is 993. The number of benzene rings is 2. The first-order valence-electron chi connectivity index (χ1n) is 9.10. The molecule has 3 aromatic rings. The zero-order valence-corrected chi connectivity index (χ0v) is 17.0. The van der Waals surface area contributed by atoms with Crippen LogP contribution in [-0.4, -0.2) is 23.3 Å². The van der Waals surface area contributed by atoms with E-state index in [-0.39, 0.29) is 11.8 Å². The lowest BCUT2D eigenvalue weighted by Gasteiger charge is -2.10. The number of hydrogen-bond donors (Lipinski definition) is 2. The quantitative estimate of drug-likeness (QED) is 0.654. The summed E-state index contributed by atoms with van der Waals surface area (Å²) in [7, 11) is 0. The van der Waals surface area contributed by atoms with Gasteiger partial charge in [-0.3, -0.25) is 9.59 Å². The zero-order chi connectivity index (χ0) is 20.1. The molecule has 0 saturated carbocycles. The summed E-state index contributed by atoms with van der Waals surface area (Å²) in [6, 6.07) is 13.6. The van der Waals surface area contributed by atoms with Gasteiger partial charge in [0.05, 0.1) is 10.7 Å². The van der Waals surface area contributed by atoms with Crippen molar-refractivity contribution in [3.05, 3.63) is 69.5 Å². The molecule has 3 rings (SSSR count). The van der Waals surface area contributed by atoms with Gasteiger partial charge in [-0.15, -0.1) is 11.3 Å². The summed E-state index contributed by atoms with van der Waals surface area (Å²) in [6.07, 6.45) is 0.743. The van der Waals surface area contributed by atoms with Crippen molar-refractivity contribution in [2.45, 2.75) is 27.2 Å².